The molecule has 0 atom stereocenters. The summed E-state index contributed by atoms with van der Waals surface area (Å²) in [6.45, 7) is 1.47. The monoisotopic (exact) mass is 493 g/mol. The lowest BCUT2D eigenvalue weighted by Gasteiger charge is -2.21. The number of halogens is 2. The van der Waals surface area contributed by atoms with Crippen molar-refractivity contribution in [3.63, 3.8) is 0 Å². The third-order valence-corrected chi connectivity index (χ3v) is 7.36. The van der Waals surface area contributed by atoms with Gasteiger partial charge in [0.15, 0.2) is 0 Å². The van der Waals surface area contributed by atoms with Crippen molar-refractivity contribution >= 4 is 62.3 Å². The number of ether oxygens (including phenoxy) is 1. The zero-order chi connectivity index (χ0) is 22.8. The van der Waals surface area contributed by atoms with Gasteiger partial charge in [0, 0.05) is 5.69 Å². The maximum absolute atomic E-state index is 13.0. The van der Waals surface area contributed by atoms with Gasteiger partial charge in [0.1, 0.15) is 22.4 Å². The van der Waals surface area contributed by atoms with Crippen LogP contribution in [0.3, 0.4) is 0 Å². The Kier molecular flexibility index (Phi) is 6.83. The summed E-state index contributed by atoms with van der Waals surface area (Å²) in [5.41, 5.74) is 0.609. The number of anilines is 1. The second-order valence-electron chi connectivity index (χ2n) is 7.76. The number of esters is 1. The van der Waals surface area contributed by atoms with E-state index in [0.29, 0.717) is 36.4 Å². The molecule has 1 N–H and O–H groups in total. The maximum atomic E-state index is 13.0. The van der Waals surface area contributed by atoms with Crippen LogP contribution in [0.1, 0.15) is 47.3 Å². The summed E-state index contributed by atoms with van der Waals surface area (Å²) in [5.74, 6) is -0.836. The van der Waals surface area contributed by atoms with E-state index in [1.54, 1.807) is 19.1 Å². The van der Waals surface area contributed by atoms with Gasteiger partial charge in [-0.3, -0.25) is 14.2 Å². The largest absolute Gasteiger partial charge is 0.458 e. The SMILES string of the molecule is Cc1c(C(=O)OC2CCCCC2)sc2ncn(CC(=O)Nc3ccc(Cl)c(Cl)c3)c(=O)c12. The number of thiophene rings is 1. The summed E-state index contributed by atoms with van der Waals surface area (Å²) in [7, 11) is 0. The molecule has 0 bridgehead atoms. The van der Waals surface area contributed by atoms with Crippen molar-refractivity contribution in [2.24, 2.45) is 0 Å². The average molecular weight is 494 g/mol. The van der Waals surface area contributed by atoms with Gasteiger partial charge in [-0.1, -0.05) is 29.6 Å². The van der Waals surface area contributed by atoms with Crippen molar-refractivity contribution in [1.82, 2.24) is 9.55 Å². The first kappa shape index (κ1) is 22.8. The fraction of sp³-hybridized carbons (Fsp3) is 0.364. The standard InChI is InChI=1S/C22H21Cl2N3O4S/c1-12-18-20(32-19(12)22(30)31-14-5-3-2-4-6-14)25-11-27(21(18)29)10-17(28)26-13-7-8-15(23)16(24)9-13/h7-9,11,14H,2-6,10H2,1H3,(H,26,28). The first-order valence-corrected chi connectivity index (χ1v) is 11.8. The maximum Gasteiger partial charge on any atom is 0.348 e. The molecule has 1 saturated carbocycles. The predicted molar refractivity (Wildman–Crippen MR) is 126 cm³/mol. The molecule has 32 heavy (non-hydrogen) atoms. The van der Waals surface area contributed by atoms with Gasteiger partial charge in [0.2, 0.25) is 5.91 Å². The van der Waals surface area contributed by atoms with Crippen LogP contribution in [0.4, 0.5) is 5.69 Å². The topological polar surface area (TPSA) is 90.3 Å². The molecule has 7 nitrogen and oxygen atoms in total. The van der Waals surface area contributed by atoms with E-state index in [9.17, 15) is 14.4 Å². The highest BCUT2D eigenvalue weighted by Gasteiger charge is 2.24. The van der Waals surface area contributed by atoms with Crippen LogP contribution in [0, 0.1) is 6.92 Å². The van der Waals surface area contributed by atoms with Crippen LogP contribution in [0.25, 0.3) is 10.2 Å². The number of hydrogen-bond donors (Lipinski definition) is 1. The second-order valence-corrected chi connectivity index (χ2v) is 9.57. The number of nitrogens with one attached hydrogen (secondary N) is 1. The molecule has 1 aliphatic carbocycles. The van der Waals surface area contributed by atoms with Crippen molar-refractivity contribution in [1.29, 1.82) is 0 Å². The van der Waals surface area contributed by atoms with Crippen LogP contribution in [-0.4, -0.2) is 27.5 Å². The number of carbonyl (C=O) groups is 2. The van der Waals surface area contributed by atoms with Crippen molar-refractivity contribution in [2.45, 2.75) is 51.7 Å². The Labute approximate surface area is 198 Å². The number of aromatic nitrogens is 2. The minimum absolute atomic E-state index is 0.0736. The molecule has 1 aliphatic rings. The number of benzene rings is 1. The summed E-state index contributed by atoms with van der Waals surface area (Å²) in [5, 5.41) is 3.69. The van der Waals surface area contributed by atoms with Crippen LogP contribution in [0.5, 0.6) is 0 Å². The second kappa shape index (κ2) is 9.60. The van der Waals surface area contributed by atoms with Crippen molar-refractivity contribution in [3.05, 3.63) is 55.4 Å². The van der Waals surface area contributed by atoms with Gasteiger partial charge in [0.05, 0.1) is 21.8 Å². The molecule has 0 unspecified atom stereocenters. The minimum atomic E-state index is -0.420. The van der Waals surface area contributed by atoms with Gasteiger partial charge in [0.25, 0.3) is 5.56 Å². The minimum Gasteiger partial charge on any atom is -0.458 e. The summed E-state index contributed by atoms with van der Waals surface area (Å²) >= 11 is 13.0. The highest BCUT2D eigenvalue weighted by Crippen LogP contribution is 2.29. The van der Waals surface area contributed by atoms with Crippen LogP contribution in [0.2, 0.25) is 10.0 Å². The van der Waals surface area contributed by atoms with E-state index in [4.69, 9.17) is 27.9 Å². The van der Waals surface area contributed by atoms with Gasteiger partial charge < -0.3 is 10.1 Å². The lowest BCUT2D eigenvalue weighted by Crippen LogP contribution is -2.28. The van der Waals surface area contributed by atoms with E-state index in [1.165, 1.54) is 17.0 Å². The molecule has 0 spiro atoms. The van der Waals surface area contributed by atoms with Crippen molar-refractivity contribution in [2.75, 3.05) is 5.32 Å². The zero-order valence-corrected chi connectivity index (χ0v) is 19.6. The Morgan fingerprint density at radius 2 is 1.97 bits per heavy atom. The van der Waals surface area contributed by atoms with Crippen LogP contribution in [0.15, 0.2) is 29.3 Å². The van der Waals surface area contributed by atoms with E-state index >= 15 is 0 Å². The Morgan fingerprint density at radius 3 is 2.69 bits per heavy atom. The van der Waals surface area contributed by atoms with Gasteiger partial charge in [-0.05, 0) is 56.4 Å². The molecule has 10 heteroatoms. The molecular formula is C22H21Cl2N3O4S. The Morgan fingerprint density at radius 1 is 1.22 bits per heavy atom. The number of nitrogens with zero attached hydrogens (tertiary/aromatic N) is 2. The Balaban J connectivity index is 1.53. The highest BCUT2D eigenvalue weighted by molar-refractivity contribution is 7.20. The highest BCUT2D eigenvalue weighted by atomic mass is 35.5. The number of hydrogen-bond acceptors (Lipinski definition) is 6. The van der Waals surface area contributed by atoms with Gasteiger partial charge >= 0.3 is 5.97 Å². The fourth-order valence-electron chi connectivity index (χ4n) is 3.78. The number of rotatable bonds is 5. The van der Waals surface area contributed by atoms with Gasteiger partial charge in [-0.2, -0.15) is 0 Å². The Hall–Kier alpha value is -2.42. The first-order valence-electron chi connectivity index (χ1n) is 10.3. The molecule has 1 aromatic carbocycles. The number of fused-ring (bicyclic) bond motifs is 1. The third kappa shape index (κ3) is 4.82. The molecular weight excluding hydrogens is 473 g/mol. The van der Waals surface area contributed by atoms with Crippen molar-refractivity contribution < 1.29 is 14.3 Å². The lowest BCUT2D eigenvalue weighted by molar-refractivity contribution is -0.116. The van der Waals surface area contributed by atoms with E-state index in [-0.39, 0.29) is 18.2 Å². The molecule has 2 heterocycles. The average Bonchev–Trinajstić information content (AvgIpc) is 3.11. The van der Waals surface area contributed by atoms with Crippen LogP contribution < -0.4 is 10.9 Å². The molecule has 1 amide bonds. The summed E-state index contributed by atoms with van der Waals surface area (Å²) in [6, 6.07) is 4.71. The van der Waals surface area contributed by atoms with Crippen molar-refractivity contribution in [3.8, 4) is 0 Å². The summed E-state index contributed by atoms with van der Waals surface area (Å²) < 4.78 is 6.87. The fourth-order valence-corrected chi connectivity index (χ4v) is 5.10. The van der Waals surface area contributed by atoms with Gasteiger partial charge in [-0.15, -0.1) is 11.3 Å². The molecule has 0 radical (unpaired) electrons. The quantitative estimate of drug-likeness (QED) is 0.493. The van der Waals surface area contributed by atoms with Crippen LogP contribution in [-0.2, 0) is 16.1 Å². The summed E-state index contributed by atoms with van der Waals surface area (Å²) in [6.07, 6.45) is 6.25. The third-order valence-electron chi connectivity index (χ3n) is 5.45. The van der Waals surface area contributed by atoms with E-state index < -0.39 is 11.9 Å². The van der Waals surface area contributed by atoms with E-state index in [2.05, 4.69) is 10.3 Å². The molecule has 4 rings (SSSR count). The molecule has 1 fully saturated rings. The zero-order valence-electron chi connectivity index (χ0n) is 17.3. The van der Waals surface area contributed by atoms with E-state index in [0.717, 1.165) is 43.4 Å². The lowest BCUT2D eigenvalue weighted by atomic mass is 9.98. The molecule has 0 aliphatic heterocycles. The van der Waals surface area contributed by atoms with Gasteiger partial charge in [-0.25, -0.2) is 9.78 Å². The molecule has 3 aromatic rings. The first-order chi connectivity index (χ1) is 15.3. The molecule has 2 aromatic heterocycles. The Bertz CT molecular complexity index is 1250. The van der Waals surface area contributed by atoms with Crippen LogP contribution >= 0.6 is 34.5 Å². The summed E-state index contributed by atoms with van der Waals surface area (Å²) in [4.78, 5) is 43.3. The molecule has 0 saturated heterocycles. The smallest absolute Gasteiger partial charge is 0.348 e. The number of carbonyl (C=O) groups excluding carboxylic acids is 2. The van der Waals surface area contributed by atoms with E-state index in [1.807, 2.05) is 0 Å². The molecule has 168 valence electrons. The number of amides is 1. The number of aryl methyl sites for hydroxylation is 1. The normalized spacial score (nSPS) is 14.5. The predicted octanol–water partition coefficient (Wildman–Crippen LogP) is 5.20.